The molecule has 82 valence electrons. The quantitative estimate of drug-likeness (QED) is 0.803. The van der Waals surface area contributed by atoms with Crippen molar-refractivity contribution in [1.82, 2.24) is 0 Å². The fraction of sp³-hybridized carbons (Fsp3) is 0.300. The summed E-state index contributed by atoms with van der Waals surface area (Å²) in [7, 11) is 0. The summed E-state index contributed by atoms with van der Waals surface area (Å²) in [4.78, 5) is 11.0. The van der Waals surface area contributed by atoms with Gasteiger partial charge in [0.1, 0.15) is 12.4 Å². The summed E-state index contributed by atoms with van der Waals surface area (Å²) < 4.78 is 17.4. The van der Waals surface area contributed by atoms with Crippen molar-refractivity contribution >= 4 is 11.8 Å². The smallest absolute Gasteiger partial charge is 0.411 e. The van der Waals surface area contributed by atoms with Gasteiger partial charge in [-0.2, -0.15) is 0 Å². The highest BCUT2D eigenvalue weighted by molar-refractivity contribution is 5.84. The number of aliphatic hydroxyl groups excluding tert-OH is 1. The van der Waals surface area contributed by atoms with Gasteiger partial charge in [0.2, 0.25) is 0 Å². The number of hydrogen-bond acceptors (Lipinski definition) is 3. The molecule has 0 aliphatic rings. The lowest BCUT2D eigenvalue weighted by atomic mass is 10.2. The van der Waals surface area contributed by atoms with E-state index in [1.165, 1.54) is 18.2 Å². The highest BCUT2D eigenvalue weighted by Crippen LogP contribution is 2.13. The number of hydrogen-bond donors (Lipinski definition) is 2. The molecule has 0 saturated carbocycles. The molecule has 0 saturated heterocycles. The number of rotatable bonds is 3. The van der Waals surface area contributed by atoms with Crippen LogP contribution in [-0.2, 0) is 4.74 Å². The molecule has 0 atom stereocenters. The Labute approximate surface area is 86.7 Å². The first-order chi connectivity index (χ1) is 7.13. The molecule has 4 nitrogen and oxygen atoms in total. The predicted octanol–water partition coefficient (Wildman–Crippen LogP) is 1.67. The number of carbonyl (C=O) groups is 1. The minimum Gasteiger partial charge on any atom is -0.447 e. The Morgan fingerprint density at radius 2 is 2.33 bits per heavy atom. The first-order valence-corrected chi connectivity index (χ1v) is 4.44. The molecule has 0 bridgehead atoms. The van der Waals surface area contributed by atoms with Crippen LogP contribution in [0.2, 0.25) is 0 Å². The van der Waals surface area contributed by atoms with E-state index in [1.807, 2.05) is 0 Å². The number of halogens is 1. The molecule has 1 aromatic carbocycles. The molecular weight excluding hydrogens is 201 g/mol. The molecule has 1 rings (SSSR count). The Morgan fingerprint density at radius 3 is 2.93 bits per heavy atom. The van der Waals surface area contributed by atoms with Gasteiger partial charge in [0.25, 0.3) is 0 Å². The third-order valence-corrected chi connectivity index (χ3v) is 1.73. The van der Waals surface area contributed by atoms with E-state index in [0.29, 0.717) is 11.3 Å². The van der Waals surface area contributed by atoms with Crippen LogP contribution >= 0.6 is 0 Å². The highest BCUT2D eigenvalue weighted by atomic mass is 19.1. The second kappa shape index (κ2) is 5.31. The predicted molar refractivity (Wildman–Crippen MR) is 53.2 cm³/mol. The van der Waals surface area contributed by atoms with Gasteiger partial charge in [0, 0.05) is 5.69 Å². The zero-order valence-electron chi connectivity index (χ0n) is 8.29. The van der Waals surface area contributed by atoms with Gasteiger partial charge in [0.15, 0.2) is 0 Å². The van der Waals surface area contributed by atoms with Crippen LogP contribution < -0.4 is 5.32 Å². The maximum Gasteiger partial charge on any atom is 0.411 e. The highest BCUT2D eigenvalue weighted by Gasteiger charge is 2.04. The lowest BCUT2D eigenvalue weighted by Gasteiger charge is -2.06. The maximum atomic E-state index is 12.9. The topological polar surface area (TPSA) is 58.6 Å². The first kappa shape index (κ1) is 11.5. The lowest BCUT2D eigenvalue weighted by molar-refractivity contribution is 0.131. The van der Waals surface area contributed by atoms with E-state index in [0.717, 1.165) is 0 Å². The Bertz CT molecular complexity index is 355. The third-order valence-electron chi connectivity index (χ3n) is 1.73. The zero-order valence-corrected chi connectivity index (χ0v) is 8.29. The Hall–Kier alpha value is -1.62. The van der Waals surface area contributed by atoms with Crippen molar-refractivity contribution in [1.29, 1.82) is 0 Å². The number of amides is 1. The largest absolute Gasteiger partial charge is 0.447 e. The molecule has 1 aromatic rings. The van der Waals surface area contributed by atoms with Gasteiger partial charge >= 0.3 is 6.09 Å². The number of benzene rings is 1. The molecule has 0 heterocycles. The van der Waals surface area contributed by atoms with Crippen molar-refractivity contribution in [2.24, 2.45) is 0 Å². The summed E-state index contributed by atoms with van der Waals surface area (Å²) in [6.07, 6.45) is -0.671. The van der Waals surface area contributed by atoms with Crippen molar-refractivity contribution < 1.29 is 19.0 Å². The van der Waals surface area contributed by atoms with Crippen molar-refractivity contribution in [2.45, 2.75) is 6.92 Å². The Kier molecular flexibility index (Phi) is 4.05. The summed E-state index contributed by atoms with van der Waals surface area (Å²) in [6.45, 7) is 1.31. The van der Waals surface area contributed by atoms with Gasteiger partial charge in [-0.15, -0.1) is 0 Å². The van der Waals surface area contributed by atoms with E-state index in [-0.39, 0.29) is 19.0 Å². The Morgan fingerprint density at radius 1 is 1.60 bits per heavy atom. The number of anilines is 1. The summed E-state index contributed by atoms with van der Waals surface area (Å²) in [5.74, 6) is -0.329. The first-order valence-electron chi connectivity index (χ1n) is 4.44. The molecule has 0 unspecified atom stereocenters. The van der Waals surface area contributed by atoms with Gasteiger partial charge in [-0.1, -0.05) is 0 Å². The van der Waals surface area contributed by atoms with Crippen LogP contribution in [0.15, 0.2) is 18.2 Å². The average Bonchev–Trinajstić information content (AvgIpc) is 2.20. The molecule has 15 heavy (non-hydrogen) atoms. The van der Waals surface area contributed by atoms with E-state index in [9.17, 15) is 9.18 Å². The van der Waals surface area contributed by atoms with Crippen molar-refractivity contribution in [3.05, 3.63) is 29.6 Å². The summed E-state index contributed by atoms with van der Waals surface area (Å²) in [5.41, 5.74) is 0.895. The monoisotopic (exact) mass is 213 g/mol. The van der Waals surface area contributed by atoms with Crippen LogP contribution in [0.4, 0.5) is 14.9 Å². The van der Waals surface area contributed by atoms with Gasteiger partial charge in [0.05, 0.1) is 6.61 Å². The summed E-state index contributed by atoms with van der Waals surface area (Å²) in [5, 5.41) is 10.8. The third kappa shape index (κ3) is 3.55. The molecule has 0 aliphatic heterocycles. The molecule has 1 amide bonds. The molecule has 0 spiro atoms. The zero-order chi connectivity index (χ0) is 11.3. The normalized spacial score (nSPS) is 9.80. The van der Waals surface area contributed by atoms with E-state index >= 15 is 0 Å². The van der Waals surface area contributed by atoms with E-state index in [2.05, 4.69) is 10.1 Å². The number of aliphatic hydroxyl groups is 1. The number of carbonyl (C=O) groups excluding carboxylic acids is 1. The maximum absolute atomic E-state index is 12.9. The van der Waals surface area contributed by atoms with Gasteiger partial charge in [-0.3, -0.25) is 5.32 Å². The van der Waals surface area contributed by atoms with E-state index in [4.69, 9.17) is 5.11 Å². The average molecular weight is 213 g/mol. The summed E-state index contributed by atoms with van der Waals surface area (Å²) >= 11 is 0. The lowest BCUT2D eigenvalue weighted by Crippen LogP contribution is -2.15. The SMILES string of the molecule is Cc1cc(NC(=O)OCCO)ccc1F. The van der Waals surface area contributed by atoms with Crippen LogP contribution in [0.3, 0.4) is 0 Å². The van der Waals surface area contributed by atoms with Crippen LogP contribution in [0.5, 0.6) is 0 Å². The second-order valence-electron chi connectivity index (χ2n) is 2.95. The molecule has 5 heteroatoms. The van der Waals surface area contributed by atoms with Gasteiger partial charge in [-0.25, -0.2) is 9.18 Å². The molecule has 0 fully saturated rings. The molecule has 0 aromatic heterocycles. The second-order valence-corrected chi connectivity index (χ2v) is 2.95. The van der Waals surface area contributed by atoms with E-state index in [1.54, 1.807) is 6.92 Å². The van der Waals surface area contributed by atoms with Crippen LogP contribution in [0.25, 0.3) is 0 Å². The van der Waals surface area contributed by atoms with Gasteiger partial charge in [-0.05, 0) is 30.7 Å². The van der Waals surface area contributed by atoms with Crippen LogP contribution in [0, 0.1) is 12.7 Å². The van der Waals surface area contributed by atoms with Crippen molar-refractivity contribution in [2.75, 3.05) is 18.5 Å². The molecule has 2 N–H and O–H groups in total. The Balaban J connectivity index is 2.57. The minimum absolute atomic E-state index is 0.0635. The van der Waals surface area contributed by atoms with Gasteiger partial charge < -0.3 is 9.84 Å². The minimum atomic E-state index is -0.671. The molecule has 0 aliphatic carbocycles. The number of nitrogens with one attached hydrogen (secondary N) is 1. The van der Waals surface area contributed by atoms with Crippen molar-refractivity contribution in [3.8, 4) is 0 Å². The van der Waals surface area contributed by atoms with E-state index < -0.39 is 6.09 Å². The van der Waals surface area contributed by atoms with Crippen molar-refractivity contribution in [3.63, 3.8) is 0 Å². The number of aryl methyl sites for hydroxylation is 1. The van der Waals surface area contributed by atoms with Crippen LogP contribution in [-0.4, -0.2) is 24.4 Å². The number of ether oxygens (including phenoxy) is 1. The standard InChI is InChI=1S/C10H12FNO3/c1-7-6-8(2-3-9(7)11)12-10(14)15-5-4-13/h2-3,6,13H,4-5H2,1H3,(H,12,14). The fourth-order valence-electron chi connectivity index (χ4n) is 1.01. The fourth-order valence-corrected chi connectivity index (χ4v) is 1.01. The molecule has 0 radical (unpaired) electrons. The summed E-state index contributed by atoms with van der Waals surface area (Å²) in [6, 6.07) is 4.19. The van der Waals surface area contributed by atoms with Crippen LogP contribution in [0.1, 0.15) is 5.56 Å². The molecular formula is C10H12FNO3.